The van der Waals surface area contributed by atoms with Crippen molar-refractivity contribution in [2.45, 2.75) is 38.9 Å². The Balaban J connectivity index is 1.53. The van der Waals surface area contributed by atoms with Gasteiger partial charge in [-0.1, -0.05) is 18.1 Å². The number of likely N-dealkylation sites (tertiary alicyclic amines) is 1. The zero-order valence-electron chi connectivity index (χ0n) is 18.4. The maximum atomic E-state index is 13.7. The summed E-state index contributed by atoms with van der Waals surface area (Å²) in [5.74, 6) is -0.517. The Labute approximate surface area is 184 Å². The predicted molar refractivity (Wildman–Crippen MR) is 128 cm³/mol. The number of nitrogens with zero attached hydrogens (tertiary/aromatic N) is 3. The summed E-state index contributed by atoms with van der Waals surface area (Å²) in [7, 11) is 2.07. The molecule has 0 radical (unpaired) electrons. The van der Waals surface area contributed by atoms with E-state index >= 15 is 0 Å². The molecule has 8 heteroatoms. The molecule has 1 aliphatic heterocycles. The average Bonchev–Trinajstić information content (AvgIpc) is 2.77. The minimum absolute atomic E-state index is 0.185. The molecule has 0 bridgehead atoms. The monoisotopic (exact) mass is 423 g/mol. The van der Waals surface area contributed by atoms with Crippen LogP contribution in [0.2, 0.25) is 0 Å². The first-order valence-corrected chi connectivity index (χ1v) is 10.7. The topological polar surface area (TPSA) is 76.2 Å². The second-order valence-corrected chi connectivity index (χ2v) is 8.10. The molecule has 3 N–H and O–H groups in total. The van der Waals surface area contributed by atoms with Gasteiger partial charge in [-0.05, 0) is 57.1 Å². The molecule has 2 aromatic heterocycles. The van der Waals surface area contributed by atoms with Crippen LogP contribution in [-0.2, 0) is 13.1 Å². The summed E-state index contributed by atoms with van der Waals surface area (Å²) < 4.78 is 15.3. The van der Waals surface area contributed by atoms with Crippen molar-refractivity contribution in [1.29, 1.82) is 0 Å². The molecule has 31 heavy (non-hydrogen) atoms. The first kappa shape index (κ1) is 23.0. The van der Waals surface area contributed by atoms with E-state index in [1.165, 1.54) is 28.2 Å². The average molecular weight is 423 g/mol. The zero-order valence-corrected chi connectivity index (χ0v) is 18.4. The van der Waals surface area contributed by atoms with Gasteiger partial charge >= 0.3 is 0 Å². The molecule has 1 aliphatic rings. The van der Waals surface area contributed by atoms with Crippen molar-refractivity contribution in [2.24, 2.45) is 0 Å². The normalized spacial score (nSPS) is 15.9. The fraction of sp³-hybridized carbons (Fsp3) is 0.391. The highest BCUT2D eigenvalue weighted by Crippen LogP contribution is 2.16. The van der Waals surface area contributed by atoms with Crippen molar-refractivity contribution in [2.75, 3.05) is 25.4 Å². The highest BCUT2D eigenvalue weighted by molar-refractivity contribution is 6.33. The lowest BCUT2D eigenvalue weighted by molar-refractivity contribution is 0.190. The number of allylic oxidation sites excluding steroid dienone is 2. The maximum Gasteiger partial charge on any atom is 0.251 e. The molecule has 0 atom stereocenters. The third-order valence-electron chi connectivity index (χ3n) is 5.93. The molecule has 3 heterocycles. The molecular formula is C23H31BFN5O. The van der Waals surface area contributed by atoms with Crippen molar-refractivity contribution >= 4 is 25.1 Å². The van der Waals surface area contributed by atoms with Gasteiger partial charge in [0.15, 0.2) is 0 Å². The Morgan fingerprint density at radius 3 is 2.74 bits per heavy atom. The number of hydrogen-bond acceptors (Lipinski definition) is 5. The second kappa shape index (κ2) is 10.5. The summed E-state index contributed by atoms with van der Waals surface area (Å²) in [6, 6.07) is 7.59. The number of hydrogen-bond donors (Lipinski definition) is 2. The number of aromatic nitrogens is 2. The van der Waals surface area contributed by atoms with Crippen LogP contribution in [0.3, 0.4) is 0 Å². The van der Waals surface area contributed by atoms with E-state index in [0.29, 0.717) is 30.5 Å². The van der Waals surface area contributed by atoms with Crippen LogP contribution in [0.1, 0.15) is 29.9 Å². The number of nitrogen functional groups attached to an aromatic ring is 1. The second-order valence-electron chi connectivity index (χ2n) is 8.10. The van der Waals surface area contributed by atoms with Crippen LogP contribution in [-0.4, -0.2) is 48.0 Å². The Morgan fingerprint density at radius 1 is 1.32 bits per heavy atom. The number of halogens is 1. The van der Waals surface area contributed by atoms with E-state index in [9.17, 15) is 9.18 Å². The highest BCUT2D eigenvalue weighted by atomic mass is 19.1. The molecule has 164 valence electrons. The smallest absolute Gasteiger partial charge is 0.251 e. The highest BCUT2D eigenvalue weighted by Gasteiger charge is 2.19. The van der Waals surface area contributed by atoms with Crippen LogP contribution < -0.4 is 22.1 Å². The lowest BCUT2D eigenvalue weighted by Crippen LogP contribution is -2.43. The largest absolute Gasteiger partial charge is 0.397 e. The van der Waals surface area contributed by atoms with Crippen LogP contribution in [0.15, 0.2) is 47.5 Å². The van der Waals surface area contributed by atoms with Gasteiger partial charge in [-0.15, -0.1) is 0 Å². The molecule has 3 rings (SSSR count). The van der Waals surface area contributed by atoms with E-state index in [1.807, 2.05) is 6.92 Å². The molecular weight excluding hydrogens is 392 g/mol. The van der Waals surface area contributed by atoms with Crippen molar-refractivity contribution in [3.8, 4) is 0 Å². The Kier molecular flexibility index (Phi) is 7.82. The lowest BCUT2D eigenvalue weighted by atomic mass is 9.94. The summed E-state index contributed by atoms with van der Waals surface area (Å²) in [6.07, 6.45) is 4.44. The maximum absolute atomic E-state index is 13.7. The van der Waals surface area contributed by atoms with Gasteiger partial charge in [-0.3, -0.25) is 9.78 Å². The molecule has 0 unspecified atom stereocenters. The minimum Gasteiger partial charge on any atom is -0.397 e. The molecule has 0 aromatic carbocycles. The molecule has 2 aromatic rings. The van der Waals surface area contributed by atoms with E-state index in [1.54, 1.807) is 0 Å². The number of rotatable bonds is 8. The number of piperidine rings is 1. The van der Waals surface area contributed by atoms with Crippen LogP contribution in [0.25, 0.3) is 6.08 Å². The lowest BCUT2D eigenvalue weighted by Gasteiger charge is -2.32. The first-order chi connectivity index (χ1) is 14.9. The minimum atomic E-state index is -0.517. The number of nitrogens with one attached hydrogen (secondary N) is 1. The summed E-state index contributed by atoms with van der Waals surface area (Å²) in [5.41, 5.74) is 9.92. The van der Waals surface area contributed by atoms with Gasteiger partial charge in [0.2, 0.25) is 0 Å². The fourth-order valence-corrected chi connectivity index (χ4v) is 3.82. The van der Waals surface area contributed by atoms with Crippen molar-refractivity contribution < 1.29 is 4.39 Å². The quantitative estimate of drug-likeness (QED) is 0.492. The summed E-state index contributed by atoms with van der Waals surface area (Å²) in [4.78, 5) is 19.3. The van der Waals surface area contributed by atoms with Gasteiger partial charge in [-0.25, -0.2) is 4.39 Å². The van der Waals surface area contributed by atoms with Gasteiger partial charge in [0.1, 0.15) is 13.7 Å². The number of anilines is 1. The molecule has 0 aliphatic carbocycles. The molecule has 0 amide bonds. The van der Waals surface area contributed by atoms with Gasteiger partial charge < -0.3 is 20.5 Å². The van der Waals surface area contributed by atoms with E-state index in [2.05, 4.69) is 41.8 Å². The Hall–Kier alpha value is -2.71. The molecule has 0 spiro atoms. The summed E-state index contributed by atoms with van der Waals surface area (Å²) in [5, 5.41) is 3.61. The SMILES string of the molecule is Bc1ccc(CNC2CCN(CCn3c(/C=C(/F)C=C)c(N)ccc3=O)CC2)nc1C. The van der Waals surface area contributed by atoms with Crippen molar-refractivity contribution in [1.82, 2.24) is 19.8 Å². The molecule has 1 saturated heterocycles. The van der Waals surface area contributed by atoms with E-state index in [-0.39, 0.29) is 5.56 Å². The summed E-state index contributed by atoms with van der Waals surface area (Å²) in [6.45, 7) is 9.30. The third-order valence-corrected chi connectivity index (χ3v) is 5.93. The Morgan fingerprint density at radius 2 is 2.06 bits per heavy atom. The van der Waals surface area contributed by atoms with E-state index in [0.717, 1.165) is 49.9 Å². The van der Waals surface area contributed by atoms with Gasteiger partial charge in [0.05, 0.1) is 17.1 Å². The standard InChI is InChI=1S/C23H31BFN5O/c1-3-17(25)14-22-21(26)6-7-23(31)30(22)13-12-29-10-8-18(9-11-29)27-15-19-4-5-20(24)16(2)28-19/h3-7,14,18,27H,1,8-13,15,24,26H2,2H3/b17-14+. The number of pyridine rings is 2. The molecule has 1 fully saturated rings. The first-order valence-electron chi connectivity index (χ1n) is 10.7. The van der Waals surface area contributed by atoms with E-state index in [4.69, 9.17) is 5.73 Å². The van der Waals surface area contributed by atoms with Gasteiger partial charge in [0.25, 0.3) is 5.56 Å². The van der Waals surface area contributed by atoms with Crippen LogP contribution >= 0.6 is 0 Å². The van der Waals surface area contributed by atoms with Gasteiger partial charge in [0, 0.05) is 37.4 Å². The van der Waals surface area contributed by atoms with Crippen LogP contribution in [0.4, 0.5) is 10.1 Å². The molecule has 6 nitrogen and oxygen atoms in total. The third kappa shape index (κ3) is 6.15. The van der Waals surface area contributed by atoms with Crippen LogP contribution in [0.5, 0.6) is 0 Å². The predicted octanol–water partition coefficient (Wildman–Crippen LogP) is 1.14. The number of aryl methyl sites for hydroxylation is 1. The zero-order chi connectivity index (χ0) is 22.4. The summed E-state index contributed by atoms with van der Waals surface area (Å²) >= 11 is 0. The fourth-order valence-electron chi connectivity index (χ4n) is 3.82. The van der Waals surface area contributed by atoms with Crippen molar-refractivity contribution in [3.63, 3.8) is 0 Å². The Bertz CT molecular complexity index is 1010. The van der Waals surface area contributed by atoms with Gasteiger partial charge in [-0.2, -0.15) is 0 Å². The number of nitrogens with two attached hydrogens (primary N) is 1. The van der Waals surface area contributed by atoms with Crippen LogP contribution in [0, 0.1) is 6.92 Å². The van der Waals surface area contributed by atoms with Crippen molar-refractivity contribution in [3.05, 3.63) is 70.2 Å². The molecule has 0 saturated carbocycles. The van der Waals surface area contributed by atoms with E-state index < -0.39 is 5.83 Å².